The molecule has 4 aromatic rings. The van der Waals surface area contributed by atoms with Crippen molar-refractivity contribution in [2.75, 3.05) is 5.73 Å². The molecular formula is C32H29NS. The van der Waals surface area contributed by atoms with E-state index >= 15 is 0 Å². The Kier molecular flexibility index (Phi) is 6.42. The first-order valence-corrected chi connectivity index (χ1v) is 12.7. The number of hydrogen-bond acceptors (Lipinski definition) is 2. The van der Waals surface area contributed by atoms with Crippen molar-refractivity contribution in [3.05, 3.63) is 121 Å². The molecule has 0 saturated carbocycles. The van der Waals surface area contributed by atoms with Crippen LogP contribution in [0.5, 0.6) is 0 Å². The molecule has 1 unspecified atom stereocenters. The van der Waals surface area contributed by atoms with Crippen molar-refractivity contribution in [1.82, 2.24) is 0 Å². The van der Waals surface area contributed by atoms with Crippen LogP contribution in [-0.2, 0) is 0 Å². The number of rotatable bonds is 6. The summed E-state index contributed by atoms with van der Waals surface area (Å²) in [5.41, 5.74) is 13.1. The van der Waals surface area contributed by atoms with E-state index in [0.717, 1.165) is 27.5 Å². The van der Waals surface area contributed by atoms with Crippen LogP contribution in [0.1, 0.15) is 30.9 Å². The molecule has 5 rings (SSSR count). The maximum Gasteiger partial charge on any atom is 0.0455 e. The van der Waals surface area contributed by atoms with Crippen LogP contribution >= 0.6 is 11.8 Å². The summed E-state index contributed by atoms with van der Waals surface area (Å²) < 4.78 is 0. The highest BCUT2D eigenvalue weighted by Gasteiger charge is 2.09. The van der Waals surface area contributed by atoms with Crippen molar-refractivity contribution >= 4 is 38.7 Å². The highest BCUT2D eigenvalue weighted by atomic mass is 32.2. The minimum Gasteiger partial charge on any atom is -0.398 e. The number of para-hydroxylation sites is 1. The van der Waals surface area contributed by atoms with Gasteiger partial charge >= 0.3 is 0 Å². The van der Waals surface area contributed by atoms with Crippen molar-refractivity contribution in [1.29, 1.82) is 0 Å². The van der Waals surface area contributed by atoms with Gasteiger partial charge in [0, 0.05) is 15.5 Å². The smallest absolute Gasteiger partial charge is 0.0455 e. The Labute approximate surface area is 206 Å². The Hall–Kier alpha value is -3.49. The molecule has 0 aromatic heterocycles. The fourth-order valence-corrected chi connectivity index (χ4v) is 5.24. The number of thioether (sulfide) groups is 1. The third-order valence-electron chi connectivity index (χ3n) is 6.58. The van der Waals surface area contributed by atoms with Crippen molar-refractivity contribution in [3.63, 3.8) is 0 Å². The van der Waals surface area contributed by atoms with Gasteiger partial charge < -0.3 is 5.73 Å². The van der Waals surface area contributed by atoms with Crippen LogP contribution in [0.3, 0.4) is 0 Å². The molecule has 0 saturated heterocycles. The molecule has 1 aliphatic carbocycles. The zero-order chi connectivity index (χ0) is 23.5. The highest BCUT2D eigenvalue weighted by Crippen LogP contribution is 2.37. The molecule has 34 heavy (non-hydrogen) atoms. The molecule has 0 spiro atoms. The second-order valence-electron chi connectivity index (χ2n) is 8.84. The number of allylic oxidation sites excluding steroid dienone is 4. The quantitative estimate of drug-likeness (QED) is 0.230. The number of fused-ring (bicyclic) bond motifs is 1. The minimum atomic E-state index is 0.688. The van der Waals surface area contributed by atoms with Crippen molar-refractivity contribution in [2.45, 2.75) is 24.7 Å². The summed E-state index contributed by atoms with van der Waals surface area (Å²) in [5.74, 6) is 0.688. The monoisotopic (exact) mass is 459 g/mol. The second-order valence-corrected chi connectivity index (χ2v) is 9.98. The average Bonchev–Trinajstić information content (AvgIpc) is 2.89. The van der Waals surface area contributed by atoms with E-state index in [-0.39, 0.29) is 0 Å². The topological polar surface area (TPSA) is 26.0 Å². The third kappa shape index (κ3) is 4.73. The summed E-state index contributed by atoms with van der Waals surface area (Å²) in [6, 6.07) is 30.1. The van der Waals surface area contributed by atoms with Gasteiger partial charge in [-0.3, -0.25) is 0 Å². The number of anilines is 1. The first-order valence-electron chi connectivity index (χ1n) is 11.9. The lowest BCUT2D eigenvalue weighted by molar-refractivity contribution is 0.634. The lowest BCUT2D eigenvalue weighted by atomic mass is 9.91. The lowest BCUT2D eigenvalue weighted by Gasteiger charge is -2.15. The van der Waals surface area contributed by atoms with E-state index in [0.29, 0.717) is 5.92 Å². The molecule has 0 fully saturated rings. The van der Waals surface area contributed by atoms with E-state index in [2.05, 4.69) is 92.4 Å². The highest BCUT2D eigenvalue weighted by molar-refractivity contribution is 8.08. The van der Waals surface area contributed by atoms with E-state index in [1.54, 1.807) is 11.8 Å². The molecule has 0 aliphatic heterocycles. The standard InChI is InChI=1S/C32H29NS/c1-3-23-8-10-24(11-9-23)25-12-14-26(15-13-25)28-18-19-29-20-27(16-17-30(29)21-28)22(2)34-32-7-5-4-6-31(32)33/h4-8,10-21,23H,2-3,9,33H2,1H3. The van der Waals surface area contributed by atoms with Crippen molar-refractivity contribution < 1.29 is 0 Å². The predicted octanol–water partition coefficient (Wildman–Crippen LogP) is 9.22. The van der Waals surface area contributed by atoms with Crippen LogP contribution in [0.15, 0.2) is 115 Å². The Morgan fingerprint density at radius 2 is 1.59 bits per heavy atom. The second kappa shape index (κ2) is 9.79. The summed E-state index contributed by atoms with van der Waals surface area (Å²) in [4.78, 5) is 2.03. The van der Waals surface area contributed by atoms with Crippen LogP contribution in [-0.4, -0.2) is 0 Å². The Bertz CT molecular complexity index is 1410. The van der Waals surface area contributed by atoms with Gasteiger partial charge in [-0.15, -0.1) is 0 Å². The van der Waals surface area contributed by atoms with Crippen LogP contribution in [0.25, 0.3) is 32.4 Å². The number of benzene rings is 4. The summed E-state index contributed by atoms with van der Waals surface area (Å²) in [6.07, 6.45) is 9.34. The molecule has 1 aliphatic rings. The Balaban J connectivity index is 1.34. The maximum atomic E-state index is 6.10. The van der Waals surface area contributed by atoms with E-state index in [9.17, 15) is 0 Å². The largest absolute Gasteiger partial charge is 0.398 e. The molecule has 0 bridgehead atoms. The maximum absolute atomic E-state index is 6.10. The van der Waals surface area contributed by atoms with Gasteiger partial charge in [0.25, 0.3) is 0 Å². The van der Waals surface area contributed by atoms with Gasteiger partial charge in [-0.25, -0.2) is 0 Å². The van der Waals surface area contributed by atoms with Gasteiger partial charge in [-0.2, -0.15) is 0 Å². The Morgan fingerprint density at radius 1 is 0.882 bits per heavy atom. The molecule has 2 N–H and O–H groups in total. The molecule has 1 nitrogen and oxygen atoms in total. The summed E-state index contributed by atoms with van der Waals surface area (Å²) in [6.45, 7) is 6.54. The minimum absolute atomic E-state index is 0.688. The molecule has 0 heterocycles. The van der Waals surface area contributed by atoms with Crippen LogP contribution in [0.4, 0.5) is 5.69 Å². The molecule has 0 amide bonds. The number of nitrogens with two attached hydrogens (primary N) is 1. The van der Waals surface area contributed by atoms with Crippen molar-refractivity contribution in [2.24, 2.45) is 5.92 Å². The first-order chi connectivity index (χ1) is 16.6. The third-order valence-corrected chi connectivity index (χ3v) is 7.65. The average molecular weight is 460 g/mol. The van der Waals surface area contributed by atoms with E-state index in [1.807, 2.05) is 24.3 Å². The van der Waals surface area contributed by atoms with Gasteiger partial charge in [0.2, 0.25) is 0 Å². The van der Waals surface area contributed by atoms with Gasteiger partial charge in [-0.05, 0) is 81.6 Å². The summed E-state index contributed by atoms with van der Waals surface area (Å²) in [5, 5.41) is 2.44. The molecule has 168 valence electrons. The van der Waals surface area contributed by atoms with Gasteiger partial charge in [0.05, 0.1) is 0 Å². The number of nitrogen functional groups attached to an aromatic ring is 1. The lowest BCUT2D eigenvalue weighted by Crippen LogP contribution is -1.97. The van der Waals surface area contributed by atoms with Gasteiger partial charge in [-0.1, -0.05) is 104 Å². The summed E-state index contributed by atoms with van der Waals surface area (Å²) in [7, 11) is 0. The molecular weight excluding hydrogens is 430 g/mol. The normalized spacial score (nSPS) is 15.3. The van der Waals surface area contributed by atoms with Crippen LogP contribution < -0.4 is 5.73 Å². The Morgan fingerprint density at radius 3 is 2.32 bits per heavy atom. The fourth-order valence-electron chi connectivity index (χ4n) is 4.40. The van der Waals surface area contributed by atoms with Gasteiger partial charge in [0.1, 0.15) is 0 Å². The first kappa shape index (κ1) is 22.3. The van der Waals surface area contributed by atoms with E-state index < -0.39 is 0 Å². The number of hydrogen-bond donors (Lipinski definition) is 1. The molecule has 1 atom stereocenters. The van der Waals surface area contributed by atoms with Crippen molar-refractivity contribution in [3.8, 4) is 11.1 Å². The molecule has 0 radical (unpaired) electrons. The van der Waals surface area contributed by atoms with Crippen LogP contribution in [0.2, 0.25) is 0 Å². The zero-order valence-electron chi connectivity index (χ0n) is 19.5. The summed E-state index contributed by atoms with van der Waals surface area (Å²) >= 11 is 1.62. The molecule has 2 heteroatoms. The molecule has 4 aromatic carbocycles. The van der Waals surface area contributed by atoms with E-state index in [4.69, 9.17) is 5.73 Å². The fraction of sp³-hybridized carbons (Fsp3) is 0.125. The zero-order valence-corrected chi connectivity index (χ0v) is 20.3. The SMILES string of the molecule is C=C(Sc1ccccc1N)c1ccc2cc(-c3ccc(C4=CCC(CC)C=C4)cc3)ccc2c1. The van der Waals surface area contributed by atoms with Gasteiger partial charge in [0.15, 0.2) is 0 Å². The van der Waals surface area contributed by atoms with Crippen LogP contribution in [0, 0.1) is 5.92 Å². The predicted molar refractivity (Wildman–Crippen MR) is 151 cm³/mol. The van der Waals surface area contributed by atoms with E-state index in [1.165, 1.54) is 39.5 Å².